The van der Waals surface area contributed by atoms with Crippen LogP contribution in [0, 0.1) is 0 Å². The lowest BCUT2D eigenvalue weighted by Gasteiger charge is -2.31. The Labute approximate surface area is 82.9 Å². The van der Waals surface area contributed by atoms with Crippen molar-refractivity contribution in [2.75, 3.05) is 0 Å². The van der Waals surface area contributed by atoms with Crippen LogP contribution < -0.4 is 0 Å². The molecule has 0 spiro atoms. The second-order valence-corrected chi connectivity index (χ2v) is 3.97. The summed E-state index contributed by atoms with van der Waals surface area (Å²) in [5.41, 5.74) is 0.789. The highest BCUT2D eigenvalue weighted by molar-refractivity contribution is 5.22. The highest BCUT2D eigenvalue weighted by Gasteiger charge is 2.41. The van der Waals surface area contributed by atoms with Gasteiger partial charge in [-0.3, -0.25) is 0 Å². The third kappa shape index (κ3) is 1.79. The van der Waals surface area contributed by atoms with Gasteiger partial charge >= 0.3 is 0 Å². The summed E-state index contributed by atoms with van der Waals surface area (Å²) in [6, 6.07) is 9.15. The van der Waals surface area contributed by atoms with E-state index in [2.05, 4.69) is 0 Å². The number of rotatable bonds is 1. The van der Waals surface area contributed by atoms with Crippen molar-refractivity contribution < 1.29 is 8.78 Å². The molecular weight excluding hydrogens is 182 g/mol. The SMILES string of the molecule is FC1(F)CCCCC1c1ccccc1. The molecule has 1 aromatic rings. The molecule has 1 aliphatic carbocycles. The van der Waals surface area contributed by atoms with Gasteiger partial charge in [0.05, 0.1) is 0 Å². The van der Waals surface area contributed by atoms with E-state index in [-0.39, 0.29) is 6.42 Å². The fourth-order valence-corrected chi connectivity index (χ4v) is 2.19. The summed E-state index contributed by atoms with van der Waals surface area (Å²) in [4.78, 5) is 0. The molecule has 1 saturated carbocycles. The van der Waals surface area contributed by atoms with E-state index >= 15 is 0 Å². The van der Waals surface area contributed by atoms with Gasteiger partial charge in [0, 0.05) is 12.3 Å². The fourth-order valence-electron chi connectivity index (χ4n) is 2.19. The molecule has 1 atom stereocenters. The first-order valence-corrected chi connectivity index (χ1v) is 5.13. The predicted molar refractivity (Wildman–Crippen MR) is 52.6 cm³/mol. The van der Waals surface area contributed by atoms with Gasteiger partial charge in [0.1, 0.15) is 0 Å². The van der Waals surface area contributed by atoms with Crippen LogP contribution in [0.15, 0.2) is 30.3 Å². The van der Waals surface area contributed by atoms with Crippen LogP contribution in [-0.2, 0) is 0 Å². The fraction of sp³-hybridized carbons (Fsp3) is 0.500. The first-order valence-electron chi connectivity index (χ1n) is 5.13. The number of hydrogen-bond donors (Lipinski definition) is 0. The molecule has 14 heavy (non-hydrogen) atoms. The molecule has 0 heterocycles. The summed E-state index contributed by atoms with van der Waals surface area (Å²) >= 11 is 0. The standard InChI is InChI=1S/C12H14F2/c13-12(14)9-5-4-8-11(12)10-6-2-1-3-7-10/h1-3,6-7,11H,4-5,8-9H2. The molecule has 0 aromatic heterocycles. The molecule has 1 unspecified atom stereocenters. The molecule has 0 nitrogen and oxygen atoms in total. The number of alkyl halides is 2. The summed E-state index contributed by atoms with van der Waals surface area (Å²) in [6.45, 7) is 0. The molecule has 76 valence electrons. The predicted octanol–water partition coefficient (Wildman–Crippen LogP) is 3.98. The van der Waals surface area contributed by atoms with Gasteiger partial charge in [-0.05, 0) is 18.4 Å². The summed E-state index contributed by atoms with van der Waals surface area (Å²) in [5, 5.41) is 0. The van der Waals surface area contributed by atoms with Gasteiger partial charge in [-0.15, -0.1) is 0 Å². The van der Waals surface area contributed by atoms with Crippen molar-refractivity contribution in [1.29, 1.82) is 0 Å². The zero-order valence-electron chi connectivity index (χ0n) is 8.05. The number of halogens is 2. The van der Waals surface area contributed by atoms with Crippen molar-refractivity contribution in [1.82, 2.24) is 0 Å². The zero-order chi connectivity index (χ0) is 10.0. The number of hydrogen-bond acceptors (Lipinski definition) is 0. The van der Waals surface area contributed by atoms with Crippen molar-refractivity contribution in [3.05, 3.63) is 35.9 Å². The van der Waals surface area contributed by atoms with Crippen molar-refractivity contribution in [2.45, 2.75) is 37.5 Å². The zero-order valence-corrected chi connectivity index (χ0v) is 8.05. The molecule has 2 heteroatoms. The van der Waals surface area contributed by atoms with E-state index in [1.165, 1.54) is 0 Å². The van der Waals surface area contributed by atoms with Crippen molar-refractivity contribution in [3.8, 4) is 0 Å². The van der Waals surface area contributed by atoms with Crippen molar-refractivity contribution in [2.24, 2.45) is 0 Å². The third-order valence-corrected chi connectivity index (χ3v) is 2.96. The second-order valence-electron chi connectivity index (χ2n) is 3.97. The third-order valence-electron chi connectivity index (χ3n) is 2.96. The highest BCUT2D eigenvalue weighted by Crippen LogP contribution is 2.44. The minimum absolute atomic E-state index is 0.0482. The first-order chi connectivity index (χ1) is 6.70. The molecule has 2 rings (SSSR count). The minimum atomic E-state index is -2.50. The summed E-state index contributed by atoms with van der Waals surface area (Å²) in [5.74, 6) is -3.06. The topological polar surface area (TPSA) is 0 Å². The van der Waals surface area contributed by atoms with Crippen LogP contribution in [0.25, 0.3) is 0 Å². The van der Waals surface area contributed by atoms with Gasteiger partial charge in [-0.25, -0.2) is 8.78 Å². The monoisotopic (exact) mass is 196 g/mol. The molecule has 1 aliphatic rings. The van der Waals surface area contributed by atoms with E-state index < -0.39 is 11.8 Å². The maximum atomic E-state index is 13.6. The van der Waals surface area contributed by atoms with Crippen LogP contribution >= 0.6 is 0 Å². The largest absolute Gasteiger partial charge is 0.254 e. The van der Waals surface area contributed by atoms with Crippen LogP contribution in [-0.4, -0.2) is 5.92 Å². The molecule has 0 N–H and O–H groups in total. The van der Waals surface area contributed by atoms with Gasteiger partial charge in [-0.2, -0.15) is 0 Å². The Hall–Kier alpha value is -0.920. The Morgan fingerprint density at radius 2 is 1.79 bits per heavy atom. The lowest BCUT2D eigenvalue weighted by molar-refractivity contribution is -0.0547. The van der Waals surface area contributed by atoms with Crippen LogP contribution in [0.1, 0.15) is 37.2 Å². The Kier molecular flexibility index (Phi) is 2.53. The van der Waals surface area contributed by atoms with Crippen molar-refractivity contribution in [3.63, 3.8) is 0 Å². The quantitative estimate of drug-likeness (QED) is 0.637. The van der Waals surface area contributed by atoms with E-state index in [0.29, 0.717) is 12.8 Å². The molecule has 1 aromatic carbocycles. The van der Waals surface area contributed by atoms with Crippen LogP contribution in [0.2, 0.25) is 0 Å². The first kappa shape index (κ1) is 9.63. The average Bonchev–Trinajstić information content (AvgIpc) is 2.18. The molecular formula is C12H14F2. The highest BCUT2D eigenvalue weighted by atomic mass is 19.3. The summed E-state index contributed by atoms with van der Waals surface area (Å²) < 4.78 is 27.1. The molecule has 0 bridgehead atoms. The summed E-state index contributed by atoms with van der Waals surface area (Å²) in [7, 11) is 0. The van der Waals surface area contributed by atoms with Gasteiger partial charge in [0.15, 0.2) is 0 Å². The van der Waals surface area contributed by atoms with Gasteiger partial charge in [0.25, 0.3) is 5.92 Å². The van der Waals surface area contributed by atoms with E-state index in [1.807, 2.05) is 30.3 Å². The molecule has 0 radical (unpaired) electrons. The lowest BCUT2D eigenvalue weighted by atomic mass is 9.81. The Balaban J connectivity index is 2.24. The normalized spacial score (nSPS) is 26.0. The average molecular weight is 196 g/mol. The van der Waals surface area contributed by atoms with Gasteiger partial charge in [-0.1, -0.05) is 36.8 Å². The maximum absolute atomic E-state index is 13.6. The van der Waals surface area contributed by atoms with Crippen molar-refractivity contribution >= 4 is 0 Å². The van der Waals surface area contributed by atoms with Crippen LogP contribution in [0.3, 0.4) is 0 Å². The smallest absolute Gasteiger partial charge is 0.206 e. The Bertz CT molecular complexity index is 292. The van der Waals surface area contributed by atoms with Gasteiger partial charge in [0.2, 0.25) is 0 Å². The molecule has 0 saturated heterocycles. The Morgan fingerprint density at radius 1 is 1.07 bits per heavy atom. The van der Waals surface area contributed by atoms with E-state index in [9.17, 15) is 8.78 Å². The van der Waals surface area contributed by atoms with Crippen LogP contribution in [0.5, 0.6) is 0 Å². The minimum Gasteiger partial charge on any atom is -0.206 e. The second kappa shape index (κ2) is 3.68. The van der Waals surface area contributed by atoms with E-state index in [0.717, 1.165) is 12.0 Å². The van der Waals surface area contributed by atoms with Gasteiger partial charge < -0.3 is 0 Å². The molecule has 0 amide bonds. The van der Waals surface area contributed by atoms with E-state index in [1.54, 1.807) is 0 Å². The maximum Gasteiger partial charge on any atom is 0.254 e. The van der Waals surface area contributed by atoms with Crippen LogP contribution in [0.4, 0.5) is 8.78 Å². The van der Waals surface area contributed by atoms with E-state index in [4.69, 9.17) is 0 Å². The molecule has 0 aliphatic heterocycles. The summed E-state index contributed by atoms with van der Waals surface area (Å²) in [6.07, 6.45) is 2.26. The molecule has 1 fully saturated rings. The Morgan fingerprint density at radius 3 is 2.43 bits per heavy atom. The lowest BCUT2D eigenvalue weighted by Crippen LogP contribution is -2.29. The number of benzene rings is 1.